The maximum absolute atomic E-state index is 12.8. The van der Waals surface area contributed by atoms with Crippen LogP contribution in [0.2, 0.25) is 0 Å². The number of carbonyl (C=O) groups is 2. The minimum Gasteiger partial charge on any atom is -0.459 e. The summed E-state index contributed by atoms with van der Waals surface area (Å²) >= 11 is 0. The predicted octanol–water partition coefficient (Wildman–Crippen LogP) is 1.44. The molecule has 2 N–H and O–H groups in total. The average molecular weight is 327 g/mol. The number of benzene rings is 1. The molecule has 1 aliphatic heterocycles. The van der Waals surface area contributed by atoms with Gasteiger partial charge in [0.15, 0.2) is 5.76 Å². The summed E-state index contributed by atoms with van der Waals surface area (Å²) < 4.78 is 5.14. The molecule has 0 bridgehead atoms. The van der Waals surface area contributed by atoms with E-state index in [1.165, 1.54) is 6.26 Å². The van der Waals surface area contributed by atoms with Gasteiger partial charge in [-0.15, -0.1) is 0 Å². The number of nitrogens with two attached hydrogens (primary N) is 1. The van der Waals surface area contributed by atoms with Crippen LogP contribution in [0.15, 0.2) is 53.1 Å². The van der Waals surface area contributed by atoms with E-state index in [0.29, 0.717) is 31.9 Å². The van der Waals surface area contributed by atoms with E-state index in [0.717, 1.165) is 5.56 Å². The van der Waals surface area contributed by atoms with Gasteiger partial charge < -0.3 is 20.0 Å². The summed E-state index contributed by atoms with van der Waals surface area (Å²) in [5.41, 5.74) is 6.00. The largest absolute Gasteiger partial charge is 0.459 e. The van der Waals surface area contributed by atoms with Gasteiger partial charge in [0.2, 0.25) is 5.91 Å². The van der Waals surface area contributed by atoms with Crippen LogP contribution in [0, 0.1) is 0 Å². The first-order valence-corrected chi connectivity index (χ1v) is 7.96. The van der Waals surface area contributed by atoms with Crippen molar-refractivity contribution >= 4 is 11.8 Å². The van der Waals surface area contributed by atoms with Crippen LogP contribution in [-0.2, 0) is 10.3 Å². The SMILES string of the molecule is CC(N)(C(=O)N1CCN(C(=O)c2ccco2)CC1)c1ccccc1. The molecule has 1 atom stereocenters. The fourth-order valence-corrected chi connectivity index (χ4v) is 2.91. The zero-order valence-corrected chi connectivity index (χ0v) is 13.6. The normalized spacial score (nSPS) is 17.4. The highest BCUT2D eigenvalue weighted by atomic mass is 16.3. The minimum atomic E-state index is -1.07. The van der Waals surface area contributed by atoms with Gasteiger partial charge in [0.25, 0.3) is 5.91 Å². The zero-order chi connectivity index (χ0) is 17.2. The van der Waals surface area contributed by atoms with Gasteiger partial charge in [-0.1, -0.05) is 30.3 Å². The van der Waals surface area contributed by atoms with Crippen molar-refractivity contribution in [2.75, 3.05) is 26.2 Å². The second-order valence-electron chi connectivity index (χ2n) is 6.13. The Morgan fingerprint density at radius 2 is 1.62 bits per heavy atom. The van der Waals surface area contributed by atoms with E-state index in [1.54, 1.807) is 28.9 Å². The molecule has 6 nitrogen and oxygen atoms in total. The van der Waals surface area contributed by atoms with Crippen molar-refractivity contribution in [1.82, 2.24) is 9.80 Å². The quantitative estimate of drug-likeness (QED) is 0.925. The molecule has 1 aliphatic rings. The molecule has 6 heteroatoms. The molecule has 2 heterocycles. The van der Waals surface area contributed by atoms with Gasteiger partial charge in [-0.2, -0.15) is 0 Å². The van der Waals surface area contributed by atoms with Gasteiger partial charge in [0.05, 0.1) is 6.26 Å². The second kappa shape index (κ2) is 6.49. The number of amides is 2. The molecule has 3 rings (SSSR count). The number of furan rings is 1. The summed E-state index contributed by atoms with van der Waals surface area (Å²) in [5.74, 6) is 0.0483. The van der Waals surface area contributed by atoms with Gasteiger partial charge in [-0.3, -0.25) is 9.59 Å². The van der Waals surface area contributed by atoms with E-state index >= 15 is 0 Å². The second-order valence-corrected chi connectivity index (χ2v) is 6.13. The zero-order valence-electron chi connectivity index (χ0n) is 13.6. The summed E-state index contributed by atoms with van der Waals surface area (Å²) in [4.78, 5) is 28.5. The Morgan fingerprint density at radius 1 is 1.00 bits per heavy atom. The van der Waals surface area contributed by atoms with Crippen LogP contribution in [0.3, 0.4) is 0 Å². The van der Waals surface area contributed by atoms with Crippen molar-refractivity contribution in [3.8, 4) is 0 Å². The minimum absolute atomic E-state index is 0.126. The fourth-order valence-electron chi connectivity index (χ4n) is 2.91. The maximum atomic E-state index is 12.8. The number of rotatable bonds is 3. The molecular weight excluding hydrogens is 306 g/mol. The molecule has 2 aromatic rings. The van der Waals surface area contributed by atoms with Gasteiger partial charge in [0.1, 0.15) is 5.54 Å². The molecule has 1 saturated heterocycles. The molecule has 0 aliphatic carbocycles. The van der Waals surface area contributed by atoms with Crippen LogP contribution < -0.4 is 5.73 Å². The van der Waals surface area contributed by atoms with E-state index in [4.69, 9.17) is 10.2 Å². The third kappa shape index (κ3) is 3.05. The number of nitrogens with zero attached hydrogens (tertiary/aromatic N) is 2. The number of hydrogen-bond acceptors (Lipinski definition) is 4. The van der Waals surface area contributed by atoms with Crippen molar-refractivity contribution in [2.24, 2.45) is 5.73 Å². The highest BCUT2D eigenvalue weighted by molar-refractivity contribution is 5.92. The first-order chi connectivity index (χ1) is 11.5. The van der Waals surface area contributed by atoms with Crippen molar-refractivity contribution in [1.29, 1.82) is 0 Å². The predicted molar refractivity (Wildman–Crippen MR) is 89.2 cm³/mol. The Hall–Kier alpha value is -2.60. The van der Waals surface area contributed by atoms with Crippen LogP contribution in [-0.4, -0.2) is 47.8 Å². The fraction of sp³-hybridized carbons (Fsp3) is 0.333. The Labute approximate surface area is 140 Å². The molecule has 24 heavy (non-hydrogen) atoms. The molecule has 1 unspecified atom stereocenters. The monoisotopic (exact) mass is 327 g/mol. The van der Waals surface area contributed by atoms with Gasteiger partial charge in [0, 0.05) is 26.2 Å². The summed E-state index contributed by atoms with van der Waals surface area (Å²) in [6, 6.07) is 12.7. The third-order valence-electron chi connectivity index (χ3n) is 4.40. The van der Waals surface area contributed by atoms with Gasteiger partial charge in [-0.25, -0.2) is 0 Å². The van der Waals surface area contributed by atoms with Gasteiger partial charge >= 0.3 is 0 Å². The van der Waals surface area contributed by atoms with E-state index < -0.39 is 5.54 Å². The van der Waals surface area contributed by atoms with E-state index in [2.05, 4.69) is 0 Å². The van der Waals surface area contributed by atoms with Crippen LogP contribution >= 0.6 is 0 Å². The molecule has 1 fully saturated rings. The smallest absolute Gasteiger partial charge is 0.289 e. The van der Waals surface area contributed by atoms with E-state index in [1.807, 2.05) is 30.3 Å². The third-order valence-corrected chi connectivity index (χ3v) is 4.40. The molecule has 2 amide bonds. The van der Waals surface area contributed by atoms with Crippen molar-refractivity contribution in [3.05, 3.63) is 60.1 Å². The molecular formula is C18H21N3O3. The lowest BCUT2D eigenvalue weighted by atomic mass is 9.91. The summed E-state index contributed by atoms with van der Waals surface area (Å²) in [7, 11) is 0. The van der Waals surface area contributed by atoms with E-state index in [-0.39, 0.29) is 11.8 Å². The van der Waals surface area contributed by atoms with Crippen LogP contribution in [0.25, 0.3) is 0 Å². The van der Waals surface area contributed by atoms with Crippen molar-refractivity contribution < 1.29 is 14.0 Å². The summed E-state index contributed by atoms with van der Waals surface area (Å²) in [6.45, 7) is 3.59. The standard InChI is InChI=1S/C18H21N3O3/c1-18(19,14-6-3-2-4-7-14)17(23)21-11-9-20(10-12-21)16(22)15-8-5-13-24-15/h2-8,13H,9-12,19H2,1H3. The molecule has 1 aromatic heterocycles. The highest BCUT2D eigenvalue weighted by Crippen LogP contribution is 2.21. The molecule has 0 saturated carbocycles. The average Bonchev–Trinajstić information content (AvgIpc) is 3.16. The highest BCUT2D eigenvalue weighted by Gasteiger charge is 2.36. The number of piperazine rings is 1. The Balaban J connectivity index is 1.64. The molecule has 1 aromatic carbocycles. The summed E-state index contributed by atoms with van der Waals surface area (Å²) in [5, 5.41) is 0. The molecule has 0 radical (unpaired) electrons. The molecule has 126 valence electrons. The van der Waals surface area contributed by atoms with Crippen LogP contribution in [0.5, 0.6) is 0 Å². The molecule has 0 spiro atoms. The number of hydrogen-bond donors (Lipinski definition) is 1. The van der Waals surface area contributed by atoms with E-state index in [9.17, 15) is 9.59 Å². The van der Waals surface area contributed by atoms with Crippen molar-refractivity contribution in [2.45, 2.75) is 12.5 Å². The lowest BCUT2D eigenvalue weighted by molar-refractivity contribution is -0.138. The van der Waals surface area contributed by atoms with Crippen LogP contribution in [0.1, 0.15) is 23.0 Å². The van der Waals surface area contributed by atoms with Crippen LogP contribution in [0.4, 0.5) is 0 Å². The first-order valence-electron chi connectivity index (χ1n) is 7.96. The lowest BCUT2D eigenvalue weighted by Gasteiger charge is -2.38. The Kier molecular flexibility index (Phi) is 4.40. The summed E-state index contributed by atoms with van der Waals surface area (Å²) in [6.07, 6.45) is 1.48. The van der Waals surface area contributed by atoms with Crippen molar-refractivity contribution in [3.63, 3.8) is 0 Å². The first kappa shape index (κ1) is 16.3. The maximum Gasteiger partial charge on any atom is 0.289 e. The Morgan fingerprint density at radius 3 is 2.21 bits per heavy atom. The topological polar surface area (TPSA) is 79.8 Å². The number of carbonyl (C=O) groups excluding carboxylic acids is 2. The lowest BCUT2D eigenvalue weighted by Crippen LogP contribution is -2.57. The Bertz CT molecular complexity index is 702. The van der Waals surface area contributed by atoms with Gasteiger partial charge in [-0.05, 0) is 24.6 Å².